The van der Waals surface area contributed by atoms with Gasteiger partial charge in [-0.25, -0.2) is 4.99 Å². The molecule has 3 heteroatoms. The van der Waals surface area contributed by atoms with E-state index in [4.69, 9.17) is 12.2 Å². The lowest BCUT2D eigenvalue weighted by molar-refractivity contribution is 0.580. The molecule has 0 bridgehead atoms. The van der Waals surface area contributed by atoms with Gasteiger partial charge in [-0.1, -0.05) is 6.08 Å². The molecule has 0 saturated heterocycles. The SMILES string of the molecule is CC1(C)C=CC=NC(=S)N1. The summed E-state index contributed by atoms with van der Waals surface area (Å²) in [5.41, 5.74) is -0.0619. The minimum absolute atomic E-state index is 0.0619. The van der Waals surface area contributed by atoms with E-state index in [9.17, 15) is 0 Å². The van der Waals surface area contributed by atoms with Crippen LogP contribution in [0.1, 0.15) is 13.8 Å². The van der Waals surface area contributed by atoms with Gasteiger partial charge >= 0.3 is 0 Å². The Bertz CT molecular complexity index is 204. The monoisotopic (exact) mass is 154 g/mol. The molecule has 10 heavy (non-hydrogen) atoms. The Balaban J connectivity index is 2.79. The molecule has 54 valence electrons. The summed E-state index contributed by atoms with van der Waals surface area (Å²) in [6.07, 6.45) is 5.62. The molecule has 2 nitrogen and oxygen atoms in total. The van der Waals surface area contributed by atoms with Crippen LogP contribution >= 0.6 is 12.2 Å². The fraction of sp³-hybridized carbons (Fsp3) is 0.429. The molecule has 0 spiro atoms. The second kappa shape index (κ2) is 2.50. The van der Waals surface area contributed by atoms with E-state index < -0.39 is 0 Å². The molecule has 1 aliphatic rings. The van der Waals surface area contributed by atoms with Gasteiger partial charge in [0.05, 0.1) is 5.54 Å². The van der Waals surface area contributed by atoms with Crippen LogP contribution < -0.4 is 5.32 Å². The summed E-state index contributed by atoms with van der Waals surface area (Å²) in [4.78, 5) is 3.93. The van der Waals surface area contributed by atoms with Crippen molar-refractivity contribution in [2.45, 2.75) is 19.4 Å². The lowest BCUT2D eigenvalue weighted by Gasteiger charge is -2.20. The molecule has 0 aliphatic carbocycles. The number of allylic oxidation sites excluding steroid dienone is 1. The molecule has 1 aliphatic heterocycles. The van der Waals surface area contributed by atoms with Gasteiger partial charge in [0.25, 0.3) is 0 Å². The van der Waals surface area contributed by atoms with Gasteiger partial charge in [0.15, 0.2) is 5.11 Å². The maximum absolute atomic E-state index is 4.89. The van der Waals surface area contributed by atoms with Gasteiger partial charge < -0.3 is 5.32 Å². The van der Waals surface area contributed by atoms with E-state index in [1.54, 1.807) is 6.21 Å². The van der Waals surface area contributed by atoms with Crippen molar-refractivity contribution in [3.05, 3.63) is 12.2 Å². The molecule has 1 heterocycles. The number of nitrogens with zero attached hydrogens (tertiary/aromatic N) is 1. The first-order valence-corrected chi connectivity index (χ1v) is 3.55. The maximum Gasteiger partial charge on any atom is 0.193 e. The summed E-state index contributed by atoms with van der Waals surface area (Å²) in [6, 6.07) is 0. The van der Waals surface area contributed by atoms with Crippen LogP contribution in [0.5, 0.6) is 0 Å². The highest BCUT2D eigenvalue weighted by atomic mass is 32.1. The van der Waals surface area contributed by atoms with E-state index >= 15 is 0 Å². The van der Waals surface area contributed by atoms with Gasteiger partial charge in [0, 0.05) is 6.21 Å². The summed E-state index contributed by atoms with van der Waals surface area (Å²) in [5.74, 6) is 0. The number of hydrogen-bond acceptors (Lipinski definition) is 1. The minimum atomic E-state index is -0.0619. The normalized spacial score (nSPS) is 22.0. The number of thiocarbonyl (C=S) groups is 1. The van der Waals surface area contributed by atoms with Crippen molar-refractivity contribution in [1.29, 1.82) is 0 Å². The van der Waals surface area contributed by atoms with Crippen molar-refractivity contribution >= 4 is 23.5 Å². The summed E-state index contributed by atoms with van der Waals surface area (Å²) >= 11 is 4.89. The summed E-state index contributed by atoms with van der Waals surface area (Å²) < 4.78 is 0. The molecule has 0 aromatic rings. The van der Waals surface area contributed by atoms with Crippen LogP contribution in [0, 0.1) is 0 Å². The topological polar surface area (TPSA) is 24.4 Å². The smallest absolute Gasteiger partial charge is 0.193 e. The molecule has 0 atom stereocenters. The molecule has 0 fully saturated rings. The van der Waals surface area contributed by atoms with E-state index in [-0.39, 0.29) is 5.54 Å². The van der Waals surface area contributed by atoms with Gasteiger partial charge in [-0.05, 0) is 32.1 Å². The molecule has 0 unspecified atom stereocenters. The first-order chi connectivity index (χ1) is 4.60. The van der Waals surface area contributed by atoms with E-state index in [1.807, 2.05) is 26.0 Å². The Kier molecular flexibility index (Phi) is 1.85. The fourth-order valence-corrected chi connectivity index (χ4v) is 1.07. The van der Waals surface area contributed by atoms with Gasteiger partial charge in [0.2, 0.25) is 0 Å². The Morgan fingerprint density at radius 1 is 1.60 bits per heavy atom. The summed E-state index contributed by atoms with van der Waals surface area (Å²) in [6.45, 7) is 4.09. The molecule has 0 saturated carbocycles. The standard InChI is InChI=1S/C7H10N2S/c1-7(2)4-3-5-8-6(10)9-7/h3-5H,1-2H3,(H,9,10). The van der Waals surface area contributed by atoms with Gasteiger partial charge in [0.1, 0.15) is 0 Å². The van der Waals surface area contributed by atoms with E-state index in [0.717, 1.165) is 0 Å². The second-order valence-electron chi connectivity index (χ2n) is 2.79. The zero-order valence-corrected chi connectivity index (χ0v) is 6.90. The van der Waals surface area contributed by atoms with Crippen LogP contribution in [0.4, 0.5) is 0 Å². The molecule has 0 aromatic carbocycles. The first kappa shape index (κ1) is 7.41. The molecular formula is C7H10N2S. The molecule has 0 amide bonds. The number of aliphatic imine (C=N–C) groups is 1. The van der Waals surface area contributed by atoms with Crippen molar-refractivity contribution in [2.24, 2.45) is 4.99 Å². The summed E-state index contributed by atoms with van der Waals surface area (Å²) in [5, 5.41) is 3.62. The predicted octanol–water partition coefficient (Wildman–Crippen LogP) is 1.28. The average Bonchev–Trinajstić information content (AvgIpc) is 1.90. The van der Waals surface area contributed by atoms with Crippen LogP contribution in [0.2, 0.25) is 0 Å². The third kappa shape index (κ3) is 1.92. The zero-order valence-electron chi connectivity index (χ0n) is 6.09. The van der Waals surface area contributed by atoms with Crippen molar-refractivity contribution < 1.29 is 0 Å². The summed E-state index contributed by atoms with van der Waals surface area (Å²) in [7, 11) is 0. The van der Waals surface area contributed by atoms with Crippen molar-refractivity contribution in [1.82, 2.24) is 5.32 Å². The molecular weight excluding hydrogens is 144 g/mol. The van der Waals surface area contributed by atoms with E-state index in [2.05, 4.69) is 10.3 Å². The number of hydrogen-bond donors (Lipinski definition) is 1. The third-order valence-electron chi connectivity index (χ3n) is 1.22. The molecule has 1 rings (SSSR count). The van der Waals surface area contributed by atoms with Crippen molar-refractivity contribution in [2.75, 3.05) is 0 Å². The molecule has 1 N–H and O–H groups in total. The van der Waals surface area contributed by atoms with Crippen molar-refractivity contribution in [3.8, 4) is 0 Å². The van der Waals surface area contributed by atoms with Crippen LogP contribution in [0.3, 0.4) is 0 Å². The zero-order chi connectivity index (χ0) is 7.61. The van der Waals surface area contributed by atoms with Crippen molar-refractivity contribution in [3.63, 3.8) is 0 Å². The van der Waals surface area contributed by atoms with Crippen LogP contribution in [0.15, 0.2) is 17.1 Å². The Labute approximate surface area is 66.0 Å². The Morgan fingerprint density at radius 3 is 3.00 bits per heavy atom. The number of nitrogens with one attached hydrogen (secondary N) is 1. The average molecular weight is 154 g/mol. The predicted molar refractivity (Wildman–Crippen MR) is 47.4 cm³/mol. The largest absolute Gasteiger partial charge is 0.353 e. The number of rotatable bonds is 0. The van der Waals surface area contributed by atoms with Gasteiger partial charge in [-0.3, -0.25) is 0 Å². The fourth-order valence-electron chi connectivity index (χ4n) is 0.744. The quantitative estimate of drug-likeness (QED) is 0.531. The van der Waals surface area contributed by atoms with E-state index in [1.165, 1.54) is 0 Å². The highest BCUT2D eigenvalue weighted by molar-refractivity contribution is 7.80. The van der Waals surface area contributed by atoms with Crippen LogP contribution in [-0.2, 0) is 0 Å². The Hall–Kier alpha value is -0.700. The van der Waals surface area contributed by atoms with Crippen LogP contribution in [0.25, 0.3) is 0 Å². The lowest BCUT2D eigenvalue weighted by atomic mass is 10.1. The molecule has 0 aromatic heterocycles. The first-order valence-electron chi connectivity index (χ1n) is 3.14. The van der Waals surface area contributed by atoms with Gasteiger partial charge in [-0.2, -0.15) is 0 Å². The highest BCUT2D eigenvalue weighted by Crippen LogP contribution is 2.05. The second-order valence-corrected chi connectivity index (χ2v) is 3.18. The van der Waals surface area contributed by atoms with E-state index in [0.29, 0.717) is 5.11 Å². The van der Waals surface area contributed by atoms with Crippen LogP contribution in [-0.4, -0.2) is 16.9 Å². The van der Waals surface area contributed by atoms with Gasteiger partial charge in [-0.15, -0.1) is 0 Å². The molecule has 0 radical (unpaired) electrons. The maximum atomic E-state index is 4.89. The highest BCUT2D eigenvalue weighted by Gasteiger charge is 2.14. The third-order valence-corrected chi connectivity index (χ3v) is 1.43. The minimum Gasteiger partial charge on any atom is -0.353 e. The Morgan fingerprint density at radius 2 is 2.30 bits per heavy atom. The lowest BCUT2D eigenvalue weighted by Crippen LogP contribution is -2.39.